The molecule has 0 spiro atoms. The Hall–Kier alpha value is -2.49. The molecule has 0 unspecified atom stereocenters. The van der Waals surface area contributed by atoms with Gasteiger partial charge in [-0.2, -0.15) is 5.26 Å². The molecular formula is C19H18FN4S+. The van der Waals surface area contributed by atoms with Crippen LogP contribution in [-0.2, 0) is 6.54 Å². The first-order chi connectivity index (χ1) is 12.2. The number of aromatic nitrogens is 1. The fourth-order valence-corrected chi connectivity index (χ4v) is 4.38. The number of thiazole rings is 1. The van der Waals surface area contributed by atoms with Crippen molar-refractivity contribution in [2.75, 3.05) is 31.1 Å². The minimum Gasteiger partial charge on any atom is -0.359 e. The van der Waals surface area contributed by atoms with Crippen molar-refractivity contribution in [1.82, 2.24) is 4.98 Å². The third kappa shape index (κ3) is 3.21. The van der Waals surface area contributed by atoms with E-state index in [0.717, 1.165) is 43.2 Å². The summed E-state index contributed by atoms with van der Waals surface area (Å²) in [6.45, 7) is 4.47. The third-order valence-corrected chi connectivity index (χ3v) is 5.69. The molecular weight excluding hydrogens is 335 g/mol. The van der Waals surface area contributed by atoms with E-state index in [1.54, 1.807) is 17.4 Å². The molecule has 1 fully saturated rings. The summed E-state index contributed by atoms with van der Waals surface area (Å²) in [6, 6.07) is 15.1. The Morgan fingerprint density at radius 2 is 1.96 bits per heavy atom. The maximum atomic E-state index is 13.8. The summed E-state index contributed by atoms with van der Waals surface area (Å²) in [4.78, 5) is 8.31. The average Bonchev–Trinajstić information content (AvgIpc) is 3.04. The maximum Gasteiger partial charge on any atom is 0.148 e. The van der Waals surface area contributed by atoms with Gasteiger partial charge in [0.2, 0.25) is 0 Å². The number of hydrogen-bond acceptors (Lipinski definition) is 4. The van der Waals surface area contributed by atoms with Crippen molar-refractivity contribution in [2.24, 2.45) is 0 Å². The molecule has 1 saturated heterocycles. The maximum absolute atomic E-state index is 13.8. The van der Waals surface area contributed by atoms with E-state index in [1.165, 1.54) is 15.7 Å². The lowest BCUT2D eigenvalue weighted by Gasteiger charge is -2.33. The smallest absolute Gasteiger partial charge is 0.148 e. The van der Waals surface area contributed by atoms with Crippen LogP contribution in [0, 0.1) is 17.1 Å². The molecule has 3 aromatic rings. The molecule has 1 aliphatic rings. The molecule has 1 N–H and O–H groups in total. The zero-order valence-corrected chi connectivity index (χ0v) is 14.5. The number of halogens is 1. The molecule has 2 heterocycles. The second-order valence-electron chi connectivity index (χ2n) is 6.23. The number of piperazine rings is 1. The Labute approximate surface area is 149 Å². The van der Waals surface area contributed by atoms with Gasteiger partial charge in [-0.3, -0.25) is 0 Å². The van der Waals surface area contributed by atoms with Crippen LogP contribution in [0.2, 0.25) is 0 Å². The number of hydrogen-bond donors (Lipinski definition) is 1. The van der Waals surface area contributed by atoms with E-state index in [9.17, 15) is 9.65 Å². The van der Waals surface area contributed by atoms with E-state index >= 15 is 0 Å². The summed E-state index contributed by atoms with van der Waals surface area (Å²) in [7, 11) is 0. The monoisotopic (exact) mass is 353 g/mol. The predicted octanol–water partition coefficient (Wildman–Crippen LogP) is 2.21. The molecule has 25 heavy (non-hydrogen) atoms. The van der Waals surface area contributed by atoms with Gasteiger partial charge in [0.15, 0.2) is 0 Å². The third-order valence-electron chi connectivity index (χ3n) is 4.65. The van der Waals surface area contributed by atoms with Crippen LogP contribution in [0.4, 0.5) is 10.1 Å². The molecule has 0 saturated carbocycles. The van der Waals surface area contributed by atoms with Gasteiger partial charge >= 0.3 is 0 Å². The highest BCUT2D eigenvalue weighted by Gasteiger charge is 2.24. The number of nitrogens with one attached hydrogen (secondary N) is 1. The molecule has 0 amide bonds. The van der Waals surface area contributed by atoms with E-state index in [0.29, 0.717) is 5.69 Å². The van der Waals surface area contributed by atoms with Gasteiger partial charge in [0.05, 0.1) is 42.1 Å². The van der Waals surface area contributed by atoms with Gasteiger partial charge in [0.1, 0.15) is 29.0 Å². The average molecular weight is 353 g/mol. The molecule has 2 aromatic carbocycles. The highest BCUT2D eigenvalue weighted by Crippen LogP contribution is 2.23. The first kappa shape index (κ1) is 16.0. The standard InChI is InChI=1S/C19H17FN4S/c20-15-4-3-6-17(14(15)12-21)24-10-8-23(9-11-24)13-19-22-16-5-1-2-7-18(16)25-19/h1-7H,8-11,13H2/p+1. The van der Waals surface area contributed by atoms with Gasteiger partial charge in [0.25, 0.3) is 0 Å². The van der Waals surface area contributed by atoms with Crippen LogP contribution in [0.3, 0.4) is 0 Å². The number of nitrogens with zero attached hydrogens (tertiary/aromatic N) is 3. The summed E-state index contributed by atoms with van der Waals surface area (Å²) in [5.41, 5.74) is 1.93. The Kier molecular flexibility index (Phi) is 4.35. The molecule has 1 aromatic heterocycles. The van der Waals surface area contributed by atoms with Crippen LogP contribution >= 0.6 is 11.3 Å². The van der Waals surface area contributed by atoms with Crippen LogP contribution in [-0.4, -0.2) is 31.2 Å². The summed E-state index contributed by atoms with van der Waals surface area (Å²) in [6.07, 6.45) is 0. The lowest BCUT2D eigenvalue weighted by molar-refractivity contribution is -0.914. The zero-order chi connectivity index (χ0) is 17.2. The molecule has 0 radical (unpaired) electrons. The Bertz CT molecular complexity index is 905. The number of fused-ring (bicyclic) bond motifs is 1. The number of para-hydroxylation sites is 1. The molecule has 0 atom stereocenters. The highest BCUT2D eigenvalue weighted by atomic mass is 32.1. The van der Waals surface area contributed by atoms with Crippen molar-refractivity contribution in [1.29, 1.82) is 5.26 Å². The Balaban J connectivity index is 1.43. The van der Waals surface area contributed by atoms with Crippen molar-refractivity contribution in [3.05, 3.63) is 58.9 Å². The lowest BCUT2D eigenvalue weighted by Crippen LogP contribution is -3.13. The quantitative estimate of drug-likeness (QED) is 0.785. The second kappa shape index (κ2) is 6.79. The molecule has 0 aliphatic carbocycles. The topological polar surface area (TPSA) is 44.4 Å². The predicted molar refractivity (Wildman–Crippen MR) is 97.3 cm³/mol. The minimum absolute atomic E-state index is 0.150. The van der Waals surface area contributed by atoms with Crippen LogP contribution in [0.15, 0.2) is 42.5 Å². The van der Waals surface area contributed by atoms with Gasteiger partial charge in [-0.05, 0) is 24.3 Å². The first-order valence-electron chi connectivity index (χ1n) is 8.36. The molecule has 126 valence electrons. The van der Waals surface area contributed by atoms with Gasteiger partial charge in [-0.25, -0.2) is 9.37 Å². The Morgan fingerprint density at radius 3 is 2.72 bits per heavy atom. The SMILES string of the molecule is N#Cc1c(F)cccc1N1CC[NH+](Cc2nc3ccccc3s2)CC1. The van der Waals surface area contributed by atoms with Crippen LogP contribution in [0.25, 0.3) is 10.2 Å². The minimum atomic E-state index is -0.441. The largest absolute Gasteiger partial charge is 0.359 e. The molecule has 0 bridgehead atoms. The number of nitriles is 1. The van der Waals surface area contributed by atoms with E-state index in [2.05, 4.69) is 17.0 Å². The van der Waals surface area contributed by atoms with E-state index in [4.69, 9.17) is 4.98 Å². The van der Waals surface area contributed by atoms with Crippen molar-refractivity contribution >= 4 is 27.2 Å². The number of rotatable bonds is 3. The van der Waals surface area contributed by atoms with Crippen LogP contribution in [0.5, 0.6) is 0 Å². The lowest BCUT2D eigenvalue weighted by atomic mass is 10.1. The molecule has 1 aliphatic heterocycles. The van der Waals surface area contributed by atoms with Crippen molar-refractivity contribution in [3.8, 4) is 6.07 Å². The van der Waals surface area contributed by atoms with Crippen molar-refractivity contribution < 1.29 is 9.29 Å². The molecule has 4 rings (SSSR count). The number of quaternary nitrogens is 1. The van der Waals surface area contributed by atoms with Gasteiger partial charge in [-0.15, -0.1) is 11.3 Å². The number of benzene rings is 2. The molecule has 6 heteroatoms. The van der Waals surface area contributed by atoms with E-state index in [-0.39, 0.29) is 5.56 Å². The molecule has 4 nitrogen and oxygen atoms in total. The summed E-state index contributed by atoms with van der Waals surface area (Å²) >= 11 is 1.76. The highest BCUT2D eigenvalue weighted by molar-refractivity contribution is 7.18. The summed E-state index contributed by atoms with van der Waals surface area (Å²) in [5, 5.41) is 10.4. The van der Waals surface area contributed by atoms with E-state index in [1.807, 2.05) is 24.3 Å². The van der Waals surface area contributed by atoms with Crippen molar-refractivity contribution in [3.63, 3.8) is 0 Å². The van der Waals surface area contributed by atoms with Crippen molar-refractivity contribution in [2.45, 2.75) is 6.54 Å². The second-order valence-corrected chi connectivity index (χ2v) is 7.35. The van der Waals surface area contributed by atoms with Crippen LogP contribution in [0.1, 0.15) is 10.6 Å². The van der Waals surface area contributed by atoms with E-state index < -0.39 is 5.82 Å². The summed E-state index contributed by atoms with van der Waals surface area (Å²) < 4.78 is 15.0. The zero-order valence-electron chi connectivity index (χ0n) is 13.7. The Morgan fingerprint density at radius 1 is 1.16 bits per heavy atom. The van der Waals surface area contributed by atoms with Gasteiger partial charge in [0, 0.05) is 0 Å². The fourth-order valence-electron chi connectivity index (χ4n) is 3.34. The van der Waals surface area contributed by atoms with Gasteiger partial charge < -0.3 is 9.80 Å². The number of anilines is 1. The first-order valence-corrected chi connectivity index (χ1v) is 9.18. The van der Waals surface area contributed by atoms with Gasteiger partial charge in [-0.1, -0.05) is 18.2 Å². The fraction of sp³-hybridized carbons (Fsp3) is 0.263. The normalized spacial score (nSPS) is 15.4. The van der Waals surface area contributed by atoms with Crippen LogP contribution < -0.4 is 9.80 Å². The summed E-state index contributed by atoms with van der Waals surface area (Å²) in [5.74, 6) is -0.441.